The van der Waals surface area contributed by atoms with E-state index >= 15 is 0 Å². The van der Waals surface area contributed by atoms with Gasteiger partial charge in [-0.2, -0.15) is 5.10 Å². The van der Waals surface area contributed by atoms with Gasteiger partial charge in [0.1, 0.15) is 5.82 Å². The minimum Gasteiger partial charge on any atom is -0.328 e. The van der Waals surface area contributed by atoms with Crippen LogP contribution in [0, 0.1) is 5.82 Å². The van der Waals surface area contributed by atoms with E-state index in [1.54, 1.807) is 11.1 Å². The van der Waals surface area contributed by atoms with E-state index in [0.717, 1.165) is 16.9 Å². The van der Waals surface area contributed by atoms with E-state index in [2.05, 4.69) is 10.4 Å². The summed E-state index contributed by atoms with van der Waals surface area (Å²) in [5.41, 5.74) is 3.20. The zero-order valence-corrected chi connectivity index (χ0v) is 14.6. The summed E-state index contributed by atoms with van der Waals surface area (Å²) in [4.78, 5) is 25.8. The van der Waals surface area contributed by atoms with Gasteiger partial charge in [-0.05, 0) is 30.3 Å². The molecule has 0 saturated carbocycles. The van der Waals surface area contributed by atoms with Gasteiger partial charge in [0.2, 0.25) is 5.91 Å². The molecule has 0 unspecified atom stereocenters. The fourth-order valence-electron chi connectivity index (χ4n) is 3.21. The first-order valence-electron chi connectivity index (χ1n) is 8.50. The van der Waals surface area contributed by atoms with Crippen molar-refractivity contribution in [3.63, 3.8) is 0 Å². The molecule has 0 radical (unpaired) electrons. The highest BCUT2D eigenvalue weighted by Crippen LogP contribution is 2.27. The normalized spacial score (nSPS) is 12.7. The maximum absolute atomic E-state index is 13.8. The number of nitrogens with zero attached hydrogens (tertiary/aromatic N) is 3. The van der Waals surface area contributed by atoms with Gasteiger partial charge in [-0.15, -0.1) is 0 Å². The molecule has 1 aliphatic rings. The van der Waals surface area contributed by atoms with Crippen molar-refractivity contribution in [2.24, 2.45) is 0 Å². The number of benzene rings is 2. The zero-order chi connectivity index (χ0) is 19.0. The molecule has 1 aliphatic heterocycles. The van der Waals surface area contributed by atoms with Crippen LogP contribution in [0.5, 0.6) is 0 Å². The number of hydrogen-bond donors (Lipinski definition) is 1. The summed E-state index contributed by atoms with van der Waals surface area (Å²) in [6.45, 7) is 2.14. The third-order valence-electron chi connectivity index (χ3n) is 4.47. The summed E-state index contributed by atoms with van der Waals surface area (Å²) in [6.07, 6.45) is 1.77. The van der Waals surface area contributed by atoms with Crippen molar-refractivity contribution < 1.29 is 14.0 Å². The number of carbonyl (C=O) groups is 2. The van der Waals surface area contributed by atoms with Crippen molar-refractivity contribution in [3.05, 3.63) is 77.4 Å². The fourth-order valence-corrected chi connectivity index (χ4v) is 3.21. The number of para-hydroxylation sites is 1. The first-order valence-corrected chi connectivity index (χ1v) is 8.50. The third kappa shape index (κ3) is 3.19. The van der Waals surface area contributed by atoms with E-state index in [1.807, 2.05) is 35.0 Å². The molecule has 4 rings (SSSR count). The first-order chi connectivity index (χ1) is 13.0. The van der Waals surface area contributed by atoms with E-state index in [9.17, 15) is 14.0 Å². The van der Waals surface area contributed by atoms with Crippen LogP contribution in [-0.4, -0.2) is 26.5 Å². The Morgan fingerprint density at radius 1 is 1.11 bits per heavy atom. The summed E-state index contributed by atoms with van der Waals surface area (Å²) < 4.78 is 15.7. The molecule has 0 fully saturated rings. The topological polar surface area (TPSA) is 67.2 Å². The van der Waals surface area contributed by atoms with Crippen LogP contribution in [0.15, 0.2) is 54.7 Å². The molecule has 0 atom stereocenters. The fraction of sp³-hybridized carbons (Fsp3) is 0.150. The molecular weight excluding hydrogens is 347 g/mol. The van der Waals surface area contributed by atoms with Gasteiger partial charge in [-0.25, -0.2) is 9.07 Å². The number of rotatable bonds is 3. The Morgan fingerprint density at radius 3 is 2.63 bits per heavy atom. The van der Waals surface area contributed by atoms with Crippen molar-refractivity contribution in [2.75, 3.05) is 5.32 Å². The molecule has 2 aromatic carbocycles. The van der Waals surface area contributed by atoms with Crippen LogP contribution in [0.2, 0.25) is 0 Å². The van der Waals surface area contributed by atoms with E-state index in [-0.39, 0.29) is 11.6 Å². The van der Waals surface area contributed by atoms with Crippen LogP contribution in [0.3, 0.4) is 0 Å². The van der Waals surface area contributed by atoms with Gasteiger partial charge in [0.05, 0.1) is 29.8 Å². The quantitative estimate of drug-likeness (QED) is 0.776. The lowest BCUT2D eigenvalue weighted by atomic mass is 10.1. The molecule has 27 heavy (non-hydrogen) atoms. The van der Waals surface area contributed by atoms with Crippen molar-refractivity contribution in [3.8, 4) is 5.69 Å². The second kappa shape index (κ2) is 6.68. The Kier molecular flexibility index (Phi) is 4.19. The Bertz CT molecular complexity index is 1030. The van der Waals surface area contributed by atoms with Gasteiger partial charge in [0.25, 0.3) is 5.91 Å². The number of amides is 2. The molecule has 0 saturated heterocycles. The third-order valence-corrected chi connectivity index (χ3v) is 4.47. The molecule has 7 heteroatoms. The standard InChI is InChI=1S/C20H17FN4O2/c1-13(26)23-18-9-14(7-8-17(18)21)20(27)24-11-15-10-22-25(19(15)12-24)16-5-3-2-4-6-16/h2-10H,11-12H2,1H3,(H,23,26). The molecule has 2 amide bonds. The predicted octanol–water partition coefficient (Wildman–Crippen LogP) is 3.13. The number of fused-ring (bicyclic) bond motifs is 1. The molecule has 1 aromatic heterocycles. The molecule has 3 aromatic rings. The minimum atomic E-state index is -0.578. The lowest BCUT2D eigenvalue weighted by Gasteiger charge is -2.17. The molecule has 6 nitrogen and oxygen atoms in total. The van der Waals surface area contributed by atoms with Crippen LogP contribution < -0.4 is 5.32 Å². The molecule has 0 spiro atoms. The van der Waals surface area contributed by atoms with Crippen molar-refractivity contribution in [2.45, 2.75) is 20.0 Å². The second-order valence-corrected chi connectivity index (χ2v) is 6.40. The van der Waals surface area contributed by atoms with Crippen LogP contribution >= 0.6 is 0 Å². The van der Waals surface area contributed by atoms with Gasteiger partial charge in [-0.3, -0.25) is 9.59 Å². The van der Waals surface area contributed by atoms with Crippen molar-refractivity contribution >= 4 is 17.5 Å². The van der Waals surface area contributed by atoms with E-state index < -0.39 is 11.7 Å². The highest BCUT2D eigenvalue weighted by Gasteiger charge is 2.28. The number of carbonyl (C=O) groups excluding carboxylic acids is 2. The molecule has 0 bridgehead atoms. The SMILES string of the molecule is CC(=O)Nc1cc(C(=O)N2Cc3cnn(-c4ccccc4)c3C2)ccc1F. The molecule has 0 aliphatic carbocycles. The average Bonchev–Trinajstić information content (AvgIpc) is 3.24. The Labute approximate surface area is 155 Å². The molecular formula is C20H17FN4O2. The van der Waals surface area contributed by atoms with Gasteiger partial charge in [0.15, 0.2) is 0 Å². The van der Waals surface area contributed by atoms with E-state index in [0.29, 0.717) is 18.7 Å². The summed E-state index contributed by atoms with van der Waals surface area (Å²) in [5.74, 6) is -1.20. The van der Waals surface area contributed by atoms with E-state index in [1.165, 1.54) is 25.1 Å². The van der Waals surface area contributed by atoms with Crippen LogP contribution in [0.1, 0.15) is 28.5 Å². The summed E-state index contributed by atoms with van der Waals surface area (Å²) in [7, 11) is 0. The zero-order valence-electron chi connectivity index (χ0n) is 14.6. The number of aromatic nitrogens is 2. The van der Waals surface area contributed by atoms with E-state index in [4.69, 9.17) is 0 Å². The smallest absolute Gasteiger partial charge is 0.254 e. The number of nitrogens with one attached hydrogen (secondary N) is 1. The lowest BCUT2D eigenvalue weighted by molar-refractivity contribution is -0.114. The van der Waals surface area contributed by atoms with Gasteiger partial charge in [-0.1, -0.05) is 18.2 Å². The number of anilines is 1. The number of halogens is 1. The summed E-state index contributed by atoms with van der Waals surface area (Å²) >= 11 is 0. The monoisotopic (exact) mass is 364 g/mol. The predicted molar refractivity (Wildman–Crippen MR) is 97.8 cm³/mol. The molecule has 136 valence electrons. The molecule has 2 heterocycles. The Balaban J connectivity index is 1.58. The maximum Gasteiger partial charge on any atom is 0.254 e. The van der Waals surface area contributed by atoms with Crippen molar-refractivity contribution in [1.82, 2.24) is 14.7 Å². The van der Waals surface area contributed by atoms with Crippen LogP contribution in [0.4, 0.5) is 10.1 Å². The van der Waals surface area contributed by atoms with Gasteiger partial charge in [0, 0.05) is 24.6 Å². The lowest BCUT2D eigenvalue weighted by Crippen LogP contribution is -2.26. The largest absolute Gasteiger partial charge is 0.328 e. The van der Waals surface area contributed by atoms with Crippen molar-refractivity contribution in [1.29, 1.82) is 0 Å². The molecule has 1 N–H and O–H groups in total. The highest BCUT2D eigenvalue weighted by molar-refractivity contribution is 5.97. The summed E-state index contributed by atoms with van der Waals surface area (Å²) in [6, 6.07) is 13.7. The average molecular weight is 364 g/mol. The highest BCUT2D eigenvalue weighted by atomic mass is 19.1. The van der Waals surface area contributed by atoms with Gasteiger partial charge < -0.3 is 10.2 Å². The summed E-state index contributed by atoms with van der Waals surface area (Å²) in [5, 5.41) is 6.82. The minimum absolute atomic E-state index is 0.000483. The maximum atomic E-state index is 13.8. The second-order valence-electron chi connectivity index (χ2n) is 6.40. The first kappa shape index (κ1) is 17.0. The Morgan fingerprint density at radius 2 is 1.89 bits per heavy atom. The van der Waals surface area contributed by atoms with Crippen LogP contribution in [-0.2, 0) is 17.9 Å². The van der Waals surface area contributed by atoms with Gasteiger partial charge >= 0.3 is 0 Å². The Hall–Kier alpha value is -3.48. The number of hydrogen-bond acceptors (Lipinski definition) is 3. The van der Waals surface area contributed by atoms with Crippen LogP contribution in [0.25, 0.3) is 5.69 Å².